The molecule has 1 heterocycles. The molecule has 0 aliphatic heterocycles. The predicted octanol–water partition coefficient (Wildman–Crippen LogP) is 4.50. The molecule has 0 atom stereocenters. The number of amides is 2. The summed E-state index contributed by atoms with van der Waals surface area (Å²) in [5, 5.41) is 2.40. The summed E-state index contributed by atoms with van der Waals surface area (Å²) in [7, 11) is 1.76. The van der Waals surface area contributed by atoms with Crippen LogP contribution in [-0.4, -0.2) is 28.7 Å². The quantitative estimate of drug-likeness (QED) is 0.582. The van der Waals surface area contributed by atoms with E-state index in [2.05, 4.69) is 4.98 Å². The van der Waals surface area contributed by atoms with Gasteiger partial charge in [-0.15, -0.1) is 11.3 Å². The Morgan fingerprint density at radius 3 is 2.32 bits per heavy atom. The van der Waals surface area contributed by atoms with Crippen LogP contribution in [0.2, 0.25) is 0 Å². The second kappa shape index (κ2) is 9.10. The van der Waals surface area contributed by atoms with Crippen LogP contribution in [0.1, 0.15) is 18.2 Å². The van der Waals surface area contributed by atoms with Crippen LogP contribution in [0.3, 0.4) is 0 Å². The zero-order chi connectivity index (χ0) is 19.9. The van der Waals surface area contributed by atoms with Crippen LogP contribution in [0, 0.1) is 0 Å². The summed E-state index contributed by atoms with van der Waals surface area (Å²) in [6.07, 6.45) is 3.18. The van der Waals surface area contributed by atoms with E-state index in [4.69, 9.17) is 0 Å². The van der Waals surface area contributed by atoms with Gasteiger partial charge < -0.3 is 4.90 Å². The number of thiazole rings is 1. The molecule has 0 aliphatic carbocycles. The average Bonchev–Trinajstić information content (AvgIpc) is 3.16. The van der Waals surface area contributed by atoms with Gasteiger partial charge in [-0.2, -0.15) is 0 Å². The van der Waals surface area contributed by atoms with Crippen molar-refractivity contribution in [1.29, 1.82) is 0 Å². The van der Waals surface area contributed by atoms with Crippen molar-refractivity contribution in [3.8, 4) is 0 Å². The summed E-state index contributed by atoms with van der Waals surface area (Å²) >= 11 is 1.36. The van der Waals surface area contributed by atoms with Crippen molar-refractivity contribution >= 4 is 40.0 Å². The molecule has 2 amide bonds. The Balaban J connectivity index is 1.69. The van der Waals surface area contributed by atoms with Gasteiger partial charge in [-0.1, -0.05) is 48.5 Å². The van der Waals surface area contributed by atoms with Crippen LogP contribution in [0.5, 0.6) is 0 Å². The SMILES string of the molecule is CC(=O)N(c1ccccc1)c1nc(/C=C/C(=O)N(C)Cc2ccccc2)cs1. The van der Waals surface area contributed by atoms with E-state index in [0.29, 0.717) is 17.4 Å². The van der Waals surface area contributed by atoms with Gasteiger partial charge in [-0.05, 0) is 23.8 Å². The maximum absolute atomic E-state index is 12.3. The third kappa shape index (κ3) is 4.92. The predicted molar refractivity (Wildman–Crippen MR) is 113 cm³/mol. The number of carbonyl (C=O) groups excluding carboxylic acids is 2. The minimum Gasteiger partial charge on any atom is -0.338 e. The zero-order valence-corrected chi connectivity index (χ0v) is 16.6. The molecular formula is C22H21N3O2S. The van der Waals surface area contributed by atoms with Gasteiger partial charge in [0.2, 0.25) is 11.8 Å². The summed E-state index contributed by atoms with van der Waals surface area (Å²) < 4.78 is 0. The number of nitrogens with zero attached hydrogens (tertiary/aromatic N) is 3. The normalized spacial score (nSPS) is 10.8. The number of hydrogen-bond acceptors (Lipinski definition) is 4. The Hall–Kier alpha value is -3.25. The first-order chi connectivity index (χ1) is 13.5. The van der Waals surface area contributed by atoms with Crippen molar-refractivity contribution in [3.63, 3.8) is 0 Å². The number of rotatable bonds is 6. The highest BCUT2D eigenvalue weighted by molar-refractivity contribution is 7.14. The number of carbonyl (C=O) groups is 2. The molecule has 3 rings (SSSR count). The number of likely N-dealkylation sites (N-methyl/N-ethyl adjacent to an activating group) is 1. The molecule has 0 bridgehead atoms. The number of anilines is 2. The van der Waals surface area contributed by atoms with Crippen molar-refractivity contribution in [2.75, 3.05) is 11.9 Å². The van der Waals surface area contributed by atoms with Crippen LogP contribution in [-0.2, 0) is 16.1 Å². The highest BCUT2D eigenvalue weighted by atomic mass is 32.1. The maximum atomic E-state index is 12.3. The second-order valence-corrected chi connectivity index (χ2v) is 7.09. The summed E-state index contributed by atoms with van der Waals surface area (Å²) in [6.45, 7) is 2.05. The van der Waals surface area contributed by atoms with Crippen LogP contribution in [0.25, 0.3) is 6.08 Å². The fraction of sp³-hybridized carbons (Fsp3) is 0.136. The van der Waals surface area contributed by atoms with Crippen molar-refractivity contribution in [2.24, 2.45) is 0 Å². The lowest BCUT2D eigenvalue weighted by molar-refractivity contribution is -0.125. The van der Waals surface area contributed by atoms with Gasteiger partial charge in [-0.25, -0.2) is 4.98 Å². The minimum atomic E-state index is -0.116. The zero-order valence-electron chi connectivity index (χ0n) is 15.8. The highest BCUT2D eigenvalue weighted by Gasteiger charge is 2.17. The molecule has 0 N–H and O–H groups in total. The third-order valence-electron chi connectivity index (χ3n) is 4.07. The standard InChI is InChI=1S/C22H21N3O2S/c1-17(26)25(20-11-7-4-8-12-20)22-23-19(16-28-22)13-14-21(27)24(2)15-18-9-5-3-6-10-18/h3-14,16H,15H2,1-2H3/b14-13+. The topological polar surface area (TPSA) is 53.5 Å². The van der Waals surface area contributed by atoms with E-state index in [9.17, 15) is 9.59 Å². The van der Waals surface area contributed by atoms with Gasteiger partial charge in [0.25, 0.3) is 0 Å². The van der Waals surface area contributed by atoms with E-state index >= 15 is 0 Å². The number of para-hydroxylation sites is 1. The number of aromatic nitrogens is 1. The van der Waals surface area contributed by atoms with E-state index < -0.39 is 0 Å². The van der Waals surface area contributed by atoms with Gasteiger partial charge in [0.05, 0.1) is 11.4 Å². The summed E-state index contributed by atoms with van der Waals surface area (Å²) in [4.78, 5) is 32.1. The molecule has 0 saturated carbocycles. The molecule has 1 aromatic heterocycles. The maximum Gasteiger partial charge on any atom is 0.246 e. The van der Waals surface area contributed by atoms with Crippen molar-refractivity contribution in [2.45, 2.75) is 13.5 Å². The van der Waals surface area contributed by atoms with E-state index in [-0.39, 0.29) is 11.8 Å². The summed E-state index contributed by atoms with van der Waals surface area (Å²) in [6, 6.07) is 19.2. The fourth-order valence-electron chi connectivity index (χ4n) is 2.68. The van der Waals surface area contributed by atoms with E-state index in [1.54, 1.807) is 22.9 Å². The number of benzene rings is 2. The molecule has 3 aromatic rings. The average molecular weight is 391 g/mol. The molecule has 0 fully saturated rings. The monoisotopic (exact) mass is 391 g/mol. The third-order valence-corrected chi connectivity index (χ3v) is 4.91. The summed E-state index contributed by atoms with van der Waals surface area (Å²) in [5.41, 5.74) is 2.48. The van der Waals surface area contributed by atoms with Crippen molar-refractivity contribution in [1.82, 2.24) is 9.88 Å². The Labute approximate surface area is 168 Å². The smallest absolute Gasteiger partial charge is 0.246 e. The van der Waals surface area contributed by atoms with Gasteiger partial charge in [-0.3, -0.25) is 14.5 Å². The molecular weight excluding hydrogens is 370 g/mol. The Morgan fingerprint density at radius 2 is 1.68 bits per heavy atom. The van der Waals surface area contributed by atoms with E-state index in [1.165, 1.54) is 24.3 Å². The van der Waals surface area contributed by atoms with Gasteiger partial charge in [0.1, 0.15) is 0 Å². The van der Waals surface area contributed by atoms with Crippen molar-refractivity contribution in [3.05, 3.63) is 83.4 Å². The first kappa shape index (κ1) is 19.5. The number of hydrogen-bond donors (Lipinski definition) is 0. The van der Waals surface area contributed by atoms with Crippen LogP contribution >= 0.6 is 11.3 Å². The lowest BCUT2D eigenvalue weighted by Crippen LogP contribution is -2.24. The summed E-state index contributed by atoms with van der Waals surface area (Å²) in [5.74, 6) is -0.223. The van der Waals surface area contributed by atoms with Gasteiger partial charge >= 0.3 is 0 Å². The molecule has 142 valence electrons. The molecule has 28 heavy (non-hydrogen) atoms. The molecule has 0 saturated heterocycles. The molecule has 0 aliphatic rings. The van der Waals surface area contributed by atoms with Crippen LogP contribution in [0.4, 0.5) is 10.8 Å². The van der Waals surface area contributed by atoms with E-state index in [1.807, 2.05) is 66.0 Å². The first-order valence-electron chi connectivity index (χ1n) is 8.83. The lowest BCUT2D eigenvalue weighted by Gasteiger charge is -2.17. The fourth-order valence-corrected chi connectivity index (χ4v) is 3.53. The second-order valence-electron chi connectivity index (χ2n) is 6.26. The van der Waals surface area contributed by atoms with E-state index in [0.717, 1.165) is 11.3 Å². The van der Waals surface area contributed by atoms with Gasteiger partial charge in [0.15, 0.2) is 5.13 Å². The molecule has 0 spiro atoms. The first-order valence-corrected chi connectivity index (χ1v) is 9.71. The molecule has 5 nitrogen and oxygen atoms in total. The minimum absolute atomic E-state index is 0.107. The Bertz CT molecular complexity index is 968. The molecule has 2 aromatic carbocycles. The van der Waals surface area contributed by atoms with Gasteiger partial charge in [0, 0.05) is 32.0 Å². The van der Waals surface area contributed by atoms with Crippen molar-refractivity contribution < 1.29 is 9.59 Å². The Kier molecular flexibility index (Phi) is 6.34. The molecule has 6 heteroatoms. The Morgan fingerprint density at radius 1 is 1.04 bits per heavy atom. The van der Waals surface area contributed by atoms with Crippen LogP contribution < -0.4 is 4.90 Å². The largest absolute Gasteiger partial charge is 0.338 e. The molecule has 0 radical (unpaired) electrons. The van der Waals surface area contributed by atoms with Crippen LogP contribution in [0.15, 0.2) is 72.1 Å². The lowest BCUT2D eigenvalue weighted by atomic mass is 10.2. The highest BCUT2D eigenvalue weighted by Crippen LogP contribution is 2.29. The molecule has 0 unspecified atom stereocenters.